The summed E-state index contributed by atoms with van der Waals surface area (Å²) in [6.07, 6.45) is 0. The lowest BCUT2D eigenvalue weighted by Crippen LogP contribution is -2.22. The summed E-state index contributed by atoms with van der Waals surface area (Å²) in [5.41, 5.74) is 4.71. The Morgan fingerprint density at radius 3 is 2.53 bits per heavy atom. The molecule has 94 valence electrons. The number of carbonyl (C=O) groups is 1. The van der Waals surface area contributed by atoms with Gasteiger partial charge in [0.05, 0.1) is 12.7 Å². The van der Waals surface area contributed by atoms with Gasteiger partial charge >= 0.3 is 5.97 Å². The van der Waals surface area contributed by atoms with Crippen molar-refractivity contribution >= 4 is 5.97 Å². The number of phenols is 1. The Labute approximate surface area is 95.4 Å². The summed E-state index contributed by atoms with van der Waals surface area (Å²) in [4.78, 5) is 10.9. The van der Waals surface area contributed by atoms with E-state index < -0.39 is 47.1 Å². The van der Waals surface area contributed by atoms with E-state index in [1.165, 1.54) is 0 Å². The maximum absolute atomic E-state index is 13.3. The average molecular weight is 247 g/mol. The number of carboxylic acid groups (broad SMARTS) is 1. The van der Waals surface area contributed by atoms with Crippen LogP contribution in [0.15, 0.2) is 6.07 Å². The zero-order valence-electron chi connectivity index (χ0n) is 8.91. The van der Waals surface area contributed by atoms with Crippen LogP contribution in [0.25, 0.3) is 0 Å². The fourth-order valence-corrected chi connectivity index (χ4v) is 1.48. The van der Waals surface area contributed by atoms with Crippen molar-refractivity contribution in [2.24, 2.45) is 5.73 Å². The molecule has 0 saturated heterocycles. The second-order valence-corrected chi connectivity index (χ2v) is 3.26. The van der Waals surface area contributed by atoms with Gasteiger partial charge in [-0.3, -0.25) is 4.79 Å². The molecule has 17 heavy (non-hydrogen) atoms. The molecule has 0 saturated carbocycles. The summed E-state index contributed by atoms with van der Waals surface area (Å²) >= 11 is 0. The van der Waals surface area contributed by atoms with E-state index in [-0.39, 0.29) is 0 Å². The molecule has 1 rings (SSSR count). The summed E-state index contributed by atoms with van der Waals surface area (Å²) in [7, 11) is 1.08. The van der Waals surface area contributed by atoms with Crippen molar-refractivity contribution in [3.63, 3.8) is 0 Å². The van der Waals surface area contributed by atoms with Gasteiger partial charge < -0.3 is 20.7 Å². The number of aliphatic carboxylic acids is 1. The number of hydrogen-bond donors (Lipinski definition) is 3. The van der Waals surface area contributed by atoms with Gasteiger partial charge in [0, 0.05) is 12.6 Å². The molecule has 1 aromatic carbocycles. The summed E-state index contributed by atoms with van der Waals surface area (Å²) in [5.74, 6) is -6.72. The van der Waals surface area contributed by atoms with Crippen LogP contribution >= 0.6 is 0 Å². The number of benzene rings is 1. The lowest BCUT2D eigenvalue weighted by atomic mass is 9.96. The third-order valence-corrected chi connectivity index (χ3v) is 2.28. The Morgan fingerprint density at radius 1 is 1.53 bits per heavy atom. The quantitative estimate of drug-likeness (QED) is 0.732. The van der Waals surface area contributed by atoms with E-state index in [1.54, 1.807) is 0 Å². The van der Waals surface area contributed by atoms with Crippen LogP contribution in [0.2, 0.25) is 0 Å². The number of hydrogen-bond acceptors (Lipinski definition) is 4. The second-order valence-electron chi connectivity index (χ2n) is 3.26. The van der Waals surface area contributed by atoms with Crippen molar-refractivity contribution in [2.75, 3.05) is 13.7 Å². The molecule has 0 heterocycles. The number of carboxylic acids is 1. The first-order valence-corrected chi connectivity index (χ1v) is 4.61. The van der Waals surface area contributed by atoms with Crippen molar-refractivity contribution in [1.29, 1.82) is 0 Å². The van der Waals surface area contributed by atoms with Crippen LogP contribution in [-0.4, -0.2) is 29.8 Å². The van der Waals surface area contributed by atoms with E-state index in [1.807, 2.05) is 0 Å². The minimum Gasteiger partial charge on any atom is -0.505 e. The van der Waals surface area contributed by atoms with E-state index in [4.69, 9.17) is 10.8 Å². The number of ether oxygens (including phenoxy) is 1. The van der Waals surface area contributed by atoms with Crippen molar-refractivity contribution in [3.8, 4) is 11.5 Å². The Kier molecular flexibility index (Phi) is 3.84. The number of phenolic OH excluding ortho intramolecular Hbond substituents is 1. The number of aromatic hydroxyl groups is 1. The van der Waals surface area contributed by atoms with Gasteiger partial charge in [-0.15, -0.1) is 0 Å². The molecule has 1 unspecified atom stereocenters. The maximum atomic E-state index is 13.3. The second kappa shape index (κ2) is 4.96. The fraction of sp³-hybridized carbons (Fsp3) is 0.300. The highest BCUT2D eigenvalue weighted by molar-refractivity contribution is 5.79. The van der Waals surface area contributed by atoms with Crippen LogP contribution in [-0.2, 0) is 4.79 Å². The number of nitrogens with two attached hydrogens (primary N) is 1. The van der Waals surface area contributed by atoms with E-state index in [2.05, 4.69) is 4.74 Å². The van der Waals surface area contributed by atoms with Crippen LogP contribution < -0.4 is 10.5 Å². The molecule has 0 aliphatic carbocycles. The summed E-state index contributed by atoms with van der Waals surface area (Å²) in [6.45, 7) is -0.428. The zero-order chi connectivity index (χ0) is 13.2. The normalized spacial score (nSPS) is 12.2. The van der Waals surface area contributed by atoms with E-state index in [9.17, 15) is 18.7 Å². The Balaban J connectivity index is 3.53. The van der Waals surface area contributed by atoms with Crippen LogP contribution in [0.1, 0.15) is 11.5 Å². The van der Waals surface area contributed by atoms with Gasteiger partial charge in [-0.25, -0.2) is 8.78 Å². The first kappa shape index (κ1) is 13.2. The third-order valence-electron chi connectivity index (χ3n) is 2.28. The van der Waals surface area contributed by atoms with Crippen molar-refractivity contribution in [2.45, 2.75) is 5.92 Å². The molecule has 0 radical (unpaired) electrons. The van der Waals surface area contributed by atoms with Gasteiger partial charge in [0.25, 0.3) is 0 Å². The molecule has 7 heteroatoms. The highest BCUT2D eigenvalue weighted by Gasteiger charge is 2.29. The molecule has 0 amide bonds. The monoisotopic (exact) mass is 247 g/mol. The van der Waals surface area contributed by atoms with Crippen LogP contribution in [0, 0.1) is 11.6 Å². The highest BCUT2D eigenvalue weighted by atomic mass is 19.1. The maximum Gasteiger partial charge on any atom is 0.312 e. The van der Waals surface area contributed by atoms with Crippen LogP contribution in [0.4, 0.5) is 8.78 Å². The molecule has 0 fully saturated rings. The molecular formula is C10H11F2NO4. The molecule has 0 aliphatic rings. The predicted octanol–water partition coefficient (Wildman–Crippen LogP) is 0.806. The predicted molar refractivity (Wildman–Crippen MR) is 54.0 cm³/mol. The fourth-order valence-electron chi connectivity index (χ4n) is 1.48. The first-order valence-electron chi connectivity index (χ1n) is 4.61. The Morgan fingerprint density at radius 2 is 2.12 bits per heavy atom. The number of rotatable bonds is 4. The van der Waals surface area contributed by atoms with Crippen molar-refractivity contribution in [3.05, 3.63) is 23.3 Å². The third kappa shape index (κ3) is 2.28. The largest absolute Gasteiger partial charge is 0.505 e. The van der Waals surface area contributed by atoms with Gasteiger partial charge in [0.1, 0.15) is 5.92 Å². The van der Waals surface area contributed by atoms with E-state index in [0.29, 0.717) is 6.07 Å². The lowest BCUT2D eigenvalue weighted by molar-refractivity contribution is -0.138. The van der Waals surface area contributed by atoms with Crippen LogP contribution in [0.5, 0.6) is 11.5 Å². The minimum atomic E-state index is -1.45. The molecule has 0 spiro atoms. The van der Waals surface area contributed by atoms with Gasteiger partial charge in [-0.05, 0) is 0 Å². The molecule has 0 aliphatic heterocycles. The summed E-state index contributed by atoms with van der Waals surface area (Å²) < 4.78 is 31.1. The Bertz CT molecular complexity index is 450. The first-order chi connectivity index (χ1) is 7.93. The van der Waals surface area contributed by atoms with Crippen molar-refractivity contribution in [1.82, 2.24) is 0 Å². The summed E-state index contributed by atoms with van der Waals surface area (Å²) in [5, 5.41) is 18.3. The smallest absolute Gasteiger partial charge is 0.312 e. The molecule has 1 aromatic rings. The van der Waals surface area contributed by atoms with E-state index >= 15 is 0 Å². The van der Waals surface area contributed by atoms with Gasteiger partial charge in [-0.2, -0.15) is 0 Å². The number of halogens is 2. The Hall–Kier alpha value is -1.89. The van der Waals surface area contributed by atoms with Crippen molar-refractivity contribution < 1.29 is 28.5 Å². The molecular weight excluding hydrogens is 236 g/mol. The number of methoxy groups -OCH3 is 1. The lowest BCUT2D eigenvalue weighted by Gasteiger charge is -2.16. The van der Waals surface area contributed by atoms with Gasteiger partial charge in [0.15, 0.2) is 23.1 Å². The van der Waals surface area contributed by atoms with Gasteiger partial charge in [0.2, 0.25) is 0 Å². The highest BCUT2D eigenvalue weighted by Crippen LogP contribution is 2.38. The SMILES string of the molecule is COc1c(F)cc(F)c(O)c1C(CN)C(=O)O. The minimum absolute atomic E-state index is 0.410. The standard InChI is InChI=1S/C10H11F2NO4/c1-17-9-6(12)2-5(11)8(14)7(9)4(3-13)10(15)16/h2,4,14H,3,13H2,1H3,(H,15,16). The zero-order valence-corrected chi connectivity index (χ0v) is 8.91. The molecule has 0 bridgehead atoms. The molecule has 0 aromatic heterocycles. The van der Waals surface area contributed by atoms with Gasteiger partial charge in [-0.1, -0.05) is 0 Å². The molecule has 4 N–H and O–H groups in total. The van der Waals surface area contributed by atoms with Crippen LogP contribution in [0.3, 0.4) is 0 Å². The average Bonchev–Trinajstić information content (AvgIpc) is 2.25. The topological polar surface area (TPSA) is 92.8 Å². The molecule has 1 atom stereocenters. The molecule has 5 nitrogen and oxygen atoms in total. The van der Waals surface area contributed by atoms with E-state index in [0.717, 1.165) is 7.11 Å². The summed E-state index contributed by atoms with van der Waals surface area (Å²) in [6, 6.07) is 0.410.